The van der Waals surface area contributed by atoms with Crippen molar-refractivity contribution in [2.24, 2.45) is 0 Å². The highest BCUT2D eigenvalue weighted by atomic mass is 16.6. The van der Waals surface area contributed by atoms with E-state index in [0.29, 0.717) is 74.5 Å². The van der Waals surface area contributed by atoms with Crippen LogP contribution in [0.15, 0.2) is 48.5 Å². The summed E-state index contributed by atoms with van der Waals surface area (Å²) in [7, 11) is 1.55. The molecule has 0 spiro atoms. The highest BCUT2D eigenvalue weighted by Gasteiger charge is 2.32. The second kappa shape index (κ2) is 15.0. The molecule has 47 heavy (non-hydrogen) atoms. The predicted molar refractivity (Wildman–Crippen MR) is 178 cm³/mol. The van der Waals surface area contributed by atoms with Crippen LogP contribution >= 0.6 is 0 Å². The molecule has 2 aromatic carbocycles. The lowest BCUT2D eigenvalue weighted by atomic mass is 9.98. The quantitative estimate of drug-likeness (QED) is 0.222. The van der Waals surface area contributed by atoms with Crippen molar-refractivity contribution in [2.45, 2.75) is 64.8 Å². The van der Waals surface area contributed by atoms with Gasteiger partial charge in [0.15, 0.2) is 11.5 Å². The fraction of sp³-hybridized carbons (Fsp3) is 0.472. The van der Waals surface area contributed by atoms with Gasteiger partial charge >= 0.3 is 12.1 Å². The lowest BCUT2D eigenvalue weighted by molar-refractivity contribution is -0.137. The maximum atomic E-state index is 13.5. The van der Waals surface area contributed by atoms with Crippen molar-refractivity contribution in [1.82, 2.24) is 14.8 Å². The van der Waals surface area contributed by atoms with E-state index in [4.69, 9.17) is 23.7 Å². The molecule has 2 aliphatic rings. The van der Waals surface area contributed by atoms with Gasteiger partial charge in [-0.05, 0) is 75.9 Å². The van der Waals surface area contributed by atoms with Crippen LogP contribution in [0.4, 0.5) is 4.79 Å². The summed E-state index contributed by atoms with van der Waals surface area (Å²) in [4.78, 5) is 34.1. The van der Waals surface area contributed by atoms with Crippen molar-refractivity contribution in [1.29, 1.82) is 0 Å². The Morgan fingerprint density at radius 3 is 2.53 bits per heavy atom. The number of rotatable bonds is 10. The molecule has 0 saturated carbocycles. The number of methoxy groups -OCH3 is 1. The molecule has 1 amide bonds. The van der Waals surface area contributed by atoms with Gasteiger partial charge in [-0.2, -0.15) is 0 Å². The first-order chi connectivity index (χ1) is 22.5. The van der Waals surface area contributed by atoms with Crippen molar-refractivity contribution >= 4 is 29.0 Å². The van der Waals surface area contributed by atoms with E-state index >= 15 is 0 Å². The molecular weight excluding hydrogens is 602 g/mol. The number of hydrogen-bond donors (Lipinski definition) is 1. The van der Waals surface area contributed by atoms with Crippen LogP contribution in [0.3, 0.4) is 0 Å². The topological polar surface area (TPSA) is 120 Å². The Kier molecular flexibility index (Phi) is 10.9. The van der Waals surface area contributed by atoms with E-state index in [1.165, 1.54) is 6.08 Å². The maximum Gasteiger partial charge on any atom is 0.410 e. The molecule has 1 N–H and O–H groups in total. The van der Waals surface area contributed by atoms with Crippen LogP contribution in [-0.4, -0.2) is 90.2 Å². The summed E-state index contributed by atoms with van der Waals surface area (Å²) in [5.74, 6) is 1.40. The van der Waals surface area contributed by atoms with Crippen LogP contribution in [0.25, 0.3) is 17.0 Å². The van der Waals surface area contributed by atoms with Crippen molar-refractivity contribution in [3.8, 4) is 17.4 Å². The Hall–Kier alpha value is -4.35. The zero-order valence-corrected chi connectivity index (χ0v) is 27.9. The molecule has 3 heterocycles. The number of carbonyl (C=O) groups is 2. The number of amides is 1. The van der Waals surface area contributed by atoms with Gasteiger partial charge in [0.25, 0.3) is 0 Å². The maximum absolute atomic E-state index is 13.5. The van der Waals surface area contributed by atoms with Gasteiger partial charge < -0.3 is 38.6 Å². The number of piperidine rings is 1. The van der Waals surface area contributed by atoms with Gasteiger partial charge in [0.2, 0.25) is 5.88 Å². The molecular formula is C36H45N3O8. The Labute approximate surface area is 276 Å². The number of carbonyl (C=O) groups excluding carboxylic acids is 2. The van der Waals surface area contributed by atoms with Crippen LogP contribution in [0.1, 0.15) is 63.3 Å². The third kappa shape index (κ3) is 8.72. The van der Waals surface area contributed by atoms with Crippen LogP contribution in [-0.2, 0) is 20.8 Å². The number of aliphatic hydroxyl groups is 1. The second-order valence-corrected chi connectivity index (χ2v) is 12.7. The van der Waals surface area contributed by atoms with E-state index in [1.807, 2.05) is 62.1 Å². The fourth-order valence-electron chi connectivity index (χ4n) is 5.92. The molecule has 1 atom stereocenters. The second-order valence-electron chi connectivity index (χ2n) is 12.7. The van der Waals surface area contributed by atoms with Gasteiger partial charge in [-0.1, -0.05) is 18.2 Å². The minimum Gasteiger partial charge on any atom is -0.486 e. The van der Waals surface area contributed by atoms with Crippen LogP contribution in [0.2, 0.25) is 0 Å². The van der Waals surface area contributed by atoms with E-state index in [9.17, 15) is 14.7 Å². The Morgan fingerprint density at radius 2 is 1.83 bits per heavy atom. The molecule has 5 rings (SSSR count). The van der Waals surface area contributed by atoms with Gasteiger partial charge in [-0.15, -0.1) is 0 Å². The third-order valence-corrected chi connectivity index (χ3v) is 8.17. The largest absolute Gasteiger partial charge is 0.486 e. The van der Waals surface area contributed by atoms with E-state index < -0.39 is 17.7 Å². The van der Waals surface area contributed by atoms with Crippen LogP contribution < -0.4 is 14.2 Å². The molecule has 0 bridgehead atoms. The number of nitrogens with zero attached hydrogens (tertiary/aromatic N) is 3. The molecule has 3 aromatic rings. The minimum absolute atomic E-state index is 0.0383. The van der Waals surface area contributed by atoms with Crippen LogP contribution in [0, 0.1) is 0 Å². The highest BCUT2D eigenvalue weighted by molar-refractivity contribution is 5.95. The minimum atomic E-state index is -0.823. The van der Waals surface area contributed by atoms with Crippen molar-refractivity contribution in [3.63, 3.8) is 0 Å². The van der Waals surface area contributed by atoms with Gasteiger partial charge in [0.05, 0.1) is 25.3 Å². The number of ether oxygens (including phenoxy) is 5. The smallest absolute Gasteiger partial charge is 0.410 e. The average Bonchev–Trinajstić information content (AvgIpc) is 3.05. The first-order valence-corrected chi connectivity index (χ1v) is 16.2. The van der Waals surface area contributed by atoms with Gasteiger partial charge in [-0.25, -0.2) is 14.6 Å². The molecule has 11 nitrogen and oxygen atoms in total. The standard InChI is InChI=1S/C36H45N3O8/c1-6-44-33(41)14-9-25-8-10-28(34-27(25)11-13-32(37-34)43-5)29(40)23-38-17-15-26(16-18-38)39(35(42)47-36(2,3)4)22-24-7-12-30-31(21-24)46-20-19-45-30/h7-14,21,26,29,40H,6,15-20,22-23H2,1-5H3/b14-9+. The van der Waals surface area contributed by atoms with Crippen molar-refractivity contribution in [3.05, 3.63) is 65.2 Å². The zero-order chi connectivity index (χ0) is 33.6. The summed E-state index contributed by atoms with van der Waals surface area (Å²) < 4.78 is 27.7. The molecule has 252 valence electrons. The Bertz CT molecular complexity index is 1590. The summed E-state index contributed by atoms with van der Waals surface area (Å²) in [6, 6.07) is 13.1. The number of fused-ring (bicyclic) bond motifs is 2. The number of aromatic nitrogens is 1. The Morgan fingerprint density at radius 1 is 1.09 bits per heavy atom. The molecule has 1 fully saturated rings. The monoisotopic (exact) mass is 647 g/mol. The van der Waals surface area contributed by atoms with E-state index in [2.05, 4.69) is 9.88 Å². The number of benzene rings is 2. The molecule has 0 radical (unpaired) electrons. The number of esters is 1. The third-order valence-electron chi connectivity index (χ3n) is 8.17. The number of likely N-dealkylation sites (tertiary alicyclic amines) is 1. The van der Waals surface area contributed by atoms with Gasteiger partial charge in [0, 0.05) is 55.3 Å². The first kappa shape index (κ1) is 34.0. The number of hydrogen-bond acceptors (Lipinski definition) is 10. The Balaban J connectivity index is 1.29. The predicted octanol–water partition coefficient (Wildman–Crippen LogP) is 5.53. The highest BCUT2D eigenvalue weighted by Crippen LogP contribution is 2.33. The molecule has 0 aliphatic carbocycles. The lowest BCUT2D eigenvalue weighted by Gasteiger charge is -2.39. The lowest BCUT2D eigenvalue weighted by Crippen LogP contribution is -2.49. The van der Waals surface area contributed by atoms with E-state index in [0.717, 1.165) is 29.4 Å². The van der Waals surface area contributed by atoms with Crippen LogP contribution in [0.5, 0.6) is 17.4 Å². The summed E-state index contributed by atoms with van der Waals surface area (Å²) in [5.41, 5.74) is 2.36. The molecule has 2 aliphatic heterocycles. The number of pyridine rings is 1. The molecule has 11 heteroatoms. The van der Waals surface area contributed by atoms with Gasteiger partial charge in [-0.3, -0.25) is 0 Å². The summed E-state index contributed by atoms with van der Waals surface area (Å²) in [5, 5.41) is 12.3. The molecule has 1 aromatic heterocycles. The number of β-amino-alcohol motifs (C(OH)–C–C–N with tert-alkyl or cyclic N) is 1. The zero-order valence-electron chi connectivity index (χ0n) is 27.9. The molecule has 1 unspecified atom stereocenters. The van der Waals surface area contributed by atoms with Crippen molar-refractivity contribution in [2.75, 3.05) is 46.6 Å². The SMILES string of the molecule is CCOC(=O)/C=C/c1ccc(C(O)CN2CCC(N(Cc3ccc4c(c3)OCCO4)C(=O)OC(C)(C)C)CC2)c2nc(OC)ccc12. The molecule has 1 saturated heterocycles. The summed E-state index contributed by atoms with van der Waals surface area (Å²) in [6.07, 6.45) is 3.35. The van der Waals surface area contributed by atoms with Gasteiger partial charge in [0.1, 0.15) is 18.8 Å². The number of aliphatic hydroxyl groups excluding tert-OH is 1. The summed E-state index contributed by atoms with van der Waals surface area (Å²) in [6.45, 7) is 10.8. The van der Waals surface area contributed by atoms with E-state index in [-0.39, 0.29) is 12.1 Å². The van der Waals surface area contributed by atoms with Crippen molar-refractivity contribution < 1.29 is 38.4 Å². The normalized spacial score (nSPS) is 16.2. The van der Waals surface area contributed by atoms with E-state index in [1.54, 1.807) is 26.2 Å². The average molecular weight is 648 g/mol. The fourth-order valence-corrected chi connectivity index (χ4v) is 5.92. The summed E-state index contributed by atoms with van der Waals surface area (Å²) >= 11 is 0. The first-order valence-electron chi connectivity index (χ1n) is 16.2.